The molecule has 0 bridgehead atoms. The second kappa shape index (κ2) is 11.2. The van der Waals surface area contributed by atoms with Gasteiger partial charge < -0.3 is 20.6 Å². The minimum Gasteiger partial charge on any atom is -0.507 e. The second-order valence-corrected chi connectivity index (χ2v) is 7.52. The van der Waals surface area contributed by atoms with Crippen LogP contribution in [0.25, 0.3) is 5.82 Å². The summed E-state index contributed by atoms with van der Waals surface area (Å²) in [7, 11) is 0. The van der Waals surface area contributed by atoms with Crippen LogP contribution in [-0.2, 0) is 6.54 Å². The topological polar surface area (TPSA) is 165 Å². The number of anilines is 2. The summed E-state index contributed by atoms with van der Waals surface area (Å²) in [6, 6.07) is 5.30. The molecular formula is C21H31N10O3+. The first-order chi connectivity index (χ1) is 16.4. The average molecular weight is 472 g/mol. The largest absolute Gasteiger partial charge is 0.507 e. The predicted octanol–water partition coefficient (Wildman–Crippen LogP) is -0.0271. The number of aromatic hydroxyl groups is 1. The van der Waals surface area contributed by atoms with Gasteiger partial charge in [-0.1, -0.05) is 5.21 Å². The van der Waals surface area contributed by atoms with Crippen LogP contribution in [0, 0.1) is 0 Å². The number of nitrogens with one attached hydrogen (secondary N) is 2. The van der Waals surface area contributed by atoms with E-state index in [2.05, 4.69) is 40.7 Å². The number of amides is 1. The van der Waals surface area contributed by atoms with E-state index in [4.69, 9.17) is 5.73 Å². The predicted molar refractivity (Wildman–Crippen MR) is 126 cm³/mol. The number of carbonyl (C=O) groups excluding carboxylic acids is 1. The maximum absolute atomic E-state index is 12.9. The summed E-state index contributed by atoms with van der Waals surface area (Å²) < 4.78 is 6.03. The van der Waals surface area contributed by atoms with Gasteiger partial charge in [-0.25, -0.2) is 10.1 Å². The van der Waals surface area contributed by atoms with E-state index in [1.807, 2.05) is 33.8 Å². The molecule has 13 heteroatoms. The van der Waals surface area contributed by atoms with Crippen molar-refractivity contribution >= 4 is 23.6 Å². The Morgan fingerprint density at radius 2 is 2.00 bits per heavy atom. The van der Waals surface area contributed by atoms with Crippen LogP contribution in [0.3, 0.4) is 0 Å². The number of benzene rings is 1. The van der Waals surface area contributed by atoms with Crippen LogP contribution in [0.1, 0.15) is 49.4 Å². The summed E-state index contributed by atoms with van der Waals surface area (Å²) in [5.74, 6) is -0.296. The van der Waals surface area contributed by atoms with Crippen LogP contribution in [0.15, 0.2) is 27.9 Å². The molecule has 0 aliphatic carbocycles. The summed E-state index contributed by atoms with van der Waals surface area (Å²) in [5, 5.41) is 29.7. The van der Waals surface area contributed by atoms with Gasteiger partial charge in [0.2, 0.25) is 11.6 Å². The van der Waals surface area contributed by atoms with Gasteiger partial charge in [-0.2, -0.15) is 9.78 Å². The van der Waals surface area contributed by atoms with Crippen molar-refractivity contribution in [1.29, 1.82) is 0 Å². The van der Waals surface area contributed by atoms with E-state index >= 15 is 0 Å². The van der Waals surface area contributed by atoms with E-state index < -0.39 is 5.91 Å². The molecule has 1 aromatic carbocycles. The number of hydrogen-bond acceptors (Lipinski definition) is 10. The van der Waals surface area contributed by atoms with Crippen LogP contribution in [-0.4, -0.2) is 68.7 Å². The number of aromatic nitrogens is 5. The van der Waals surface area contributed by atoms with Crippen LogP contribution in [0.2, 0.25) is 0 Å². The van der Waals surface area contributed by atoms with Crippen molar-refractivity contribution in [2.24, 2.45) is 5.10 Å². The molecule has 0 fully saturated rings. The smallest absolute Gasteiger partial charge is 0.294 e. The highest BCUT2D eigenvalue weighted by Crippen LogP contribution is 2.23. The molecule has 0 unspecified atom stereocenters. The highest BCUT2D eigenvalue weighted by atomic mass is 16.6. The maximum Gasteiger partial charge on any atom is 0.294 e. The first-order valence-electron chi connectivity index (χ1n) is 11.2. The van der Waals surface area contributed by atoms with Crippen molar-refractivity contribution in [3.63, 3.8) is 0 Å². The number of phenols is 1. The summed E-state index contributed by atoms with van der Waals surface area (Å²) >= 11 is 0. The van der Waals surface area contributed by atoms with Gasteiger partial charge in [-0.15, -0.1) is 5.10 Å². The Labute approximate surface area is 197 Å². The molecule has 1 amide bonds. The van der Waals surface area contributed by atoms with Gasteiger partial charge >= 0.3 is 0 Å². The van der Waals surface area contributed by atoms with E-state index in [1.54, 1.807) is 12.1 Å². The minimum absolute atomic E-state index is 0.0364. The van der Waals surface area contributed by atoms with Gasteiger partial charge in [0.1, 0.15) is 18.0 Å². The summed E-state index contributed by atoms with van der Waals surface area (Å²) in [5.41, 5.74) is 10.2. The number of phenolic OH excluding ortho intramolecular Hbond substituents is 1. The fourth-order valence-electron chi connectivity index (χ4n) is 3.52. The van der Waals surface area contributed by atoms with Gasteiger partial charge in [-0.05, 0) is 50.1 Å². The van der Waals surface area contributed by atoms with Gasteiger partial charge in [0.05, 0.1) is 19.3 Å². The fourth-order valence-corrected chi connectivity index (χ4v) is 3.52. The molecule has 2 heterocycles. The molecule has 0 aliphatic rings. The molecule has 182 valence electrons. The lowest BCUT2D eigenvalue weighted by Crippen LogP contribution is -3.10. The highest BCUT2D eigenvalue weighted by Gasteiger charge is 2.26. The van der Waals surface area contributed by atoms with Crippen molar-refractivity contribution in [3.05, 3.63) is 35.2 Å². The molecule has 0 saturated carbocycles. The number of nitrogens with two attached hydrogens (primary N) is 1. The van der Waals surface area contributed by atoms with Crippen molar-refractivity contribution in [2.75, 3.05) is 36.8 Å². The highest BCUT2D eigenvalue weighted by molar-refractivity contribution is 5.94. The first-order valence-corrected chi connectivity index (χ1v) is 11.2. The molecule has 13 nitrogen and oxygen atoms in total. The third-order valence-electron chi connectivity index (χ3n) is 5.60. The Kier molecular flexibility index (Phi) is 8.14. The Hall–Kier alpha value is -4.00. The van der Waals surface area contributed by atoms with Gasteiger partial charge in [0, 0.05) is 30.4 Å². The van der Waals surface area contributed by atoms with E-state index in [-0.39, 0.29) is 23.1 Å². The minimum atomic E-state index is -0.557. The van der Waals surface area contributed by atoms with Crippen LogP contribution in [0.5, 0.6) is 5.75 Å². The molecule has 2 aromatic heterocycles. The lowest BCUT2D eigenvalue weighted by molar-refractivity contribution is -0.910. The second-order valence-electron chi connectivity index (χ2n) is 7.52. The number of nitrogens with zero attached hydrogens (tertiary/aromatic N) is 7. The molecule has 0 atom stereocenters. The number of quaternary nitrogens is 1. The molecule has 5 N–H and O–H groups in total. The van der Waals surface area contributed by atoms with Gasteiger partial charge in [0.25, 0.3) is 5.91 Å². The number of hydrogen-bond donors (Lipinski definition) is 4. The average Bonchev–Trinajstić information content (AvgIpc) is 3.44. The lowest BCUT2D eigenvalue weighted by atomic mass is 10.2. The van der Waals surface area contributed by atoms with Crippen molar-refractivity contribution in [1.82, 2.24) is 30.7 Å². The van der Waals surface area contributed by atoms with E-state index in [1.165, 1.54) is 15.8 Å². The van der Waals surface area contributed by atoms with Crippen molar-refractivity contribution in [2.45, 2.75) is 34.2 Å². The standard InChI is InChI=1S/C21H30N10O3/c1-5-29(6-2)13-16-18(24-28-31(16)20-19(22)26-34-27-20)21(33)25-23-12-14-9-10-15(11-17(14)32)30(7-3)8-4/h9-12,32H,5-8,13H2,1-4H3,(H2,22,26)(H,25,33)/p+1/b23-12+. The molecule has 0 radical (unpaired) electrons. The van der Waals surface area contributed by atoms with Gasteiger partial charge in [-0.3, -0.25) is 4.79 Å². The van der Waals surface area contributed by atoms with Crippen LogP contribution >= 0.6 is 0 Å². The molecule has 34 heavy (non-hydrogen) atoms. The summed E-state index contributed by atoms with van der Waals surface area (Å²) in [6.45, 7) is 11.9. The molecule has 3 aromatic rings. The summed E-state index contributed by atoms with van der Waals surface area (Å²) in [6.07, 6.45) is 1.37. The summed E-state index contributed by atoms with van der Waals surface area (Å²) in [4.78, 5) is 16.2. The molecule has 0 aliphatic heterocycles. The normalized spacial score (nSPS) is 11.4. The zero-order valence-corrected chi connectivity index (χ0v) is 19.8. The number of carbonyl (C=O) groups is 1. The Balaban J connectivity index is 1.81. The first kappa shape index (κ1) is 24.6. The number of nitrogen functional groups attached to an aromatic ring is 1. The van der Waals surface area contributed by atoms with Crippen LogP contribution < -0.4 is 21.0 Å². The van der Waals surface area contributed by atoms with E-state index in [9.17, 15) is 9.90 Å². The monoisotopic (exact) mass is 471 g/mol. The fraction of sp³-hybridized carbons (Fsp3) is 0.429. The molecule has 3 rings (SSSR count). The van der Waals surface area contributed by atoms with E-state index in [0.29, 0.717) is 17.8 Å². The maximum atomic E-state index is 12.9. The van der Waals surface area contributed by atoms with E-state index in [0.717, 1.165) is 31.9 Å². The van der Waals surface area contributed by atoms with Crippen LogP contribution in [0.4, 0.5) is 11.5 Å². The van der Waals surface area contributed by atoms with Gasteiger partial charge in [0.15, 0.2) is 5.69 Å². The quantitative estimate of drug-likeness (QED) is 0.222. The zero-order valence-electron chi connectivity index (χ0n) is 19.8. The molecule has 0 saturated heterocycles. The Morgan fingerprint density at radius 3 is 2.59 bits per heavy atom. The molecule has 0 spiro atoms. The third kappa shape index (κ3) is 5.31. The number of rotatable bonds is 11. The van der Waals surface area contributed by atoms with Crippen molar-refractivity contribution < 1.29 is 19.4 Å². The number of hydrazone groups is 1. The zero-order chi connectivity index (χ0) is 24.7. The SMILES string of the molecule is CCN(CC)c1ccc(/C=N/NC(=O)c2nnn(-c3nonc3N)c2C[NH+](CC)CC)c(O)c1. The van der Waals surface area contributed by atoms with Crippen molar-refractivity contribution in [3.8, 4) is 11.6 Å². The molecular weight excluding hydrogens is 440 g/mol. The third-order valence-corrected chi connectivity index (χ3v) is 5.60. The Morgan fingerprint density at radius 1 is 1.26 bits per heavy atom. The lowest BCUT2D eigenvalue weighted by Gasteiger charge is -2.21. The Bertz CT molecular complexity index is 1130.